The second-order valence-corrected chi connectivity index (χ2v) is 4.43. The highest BCUT2D eigenvalue weighted by atomic mass is 19.4. The molecule has 3 nitrogen and oxygen atoms in total. The summed E-state index contributed by atoms with van der Waals surface area (Å²) in [5.74, 6) is 0.435. The number of imidazole rings is 1. The van der Waals surface area contributed by atoms with Gasteiger partial charge in [-0.25, -0.2) is 4.98 Å². The van der Waals surface area contributed by atoms with Crippen LogP contribution in [0.5, 0.6) is 0 Å². The minimum Gasteiger partial charge on any atom is -0.331 e. The van der Waals surface area contributed by atoms with Gasteiger partial charge in [-0.3, -0.25) is 0 Å². The van der Waals surface area contributed by atoms with Gasteiger partial charge in [0.05, 0.1) is 11.0 Å². The van der Waals surface area contributed by atoms with Gasteiger partial charge >= 0.3 is 6.18 Å². The number of alkyl halides is 3. The molecule has 1 aromatic carbocycles. The average molecular weight is 271 g/mol. The van der Waals surface area contributed by atoms with Crippen molar-refractivity contribution in [3.63, 3.8) is 0 Å². The van der Waals surface area contributed by atoms with Gasteiger partial charge in [-0.15, -0.1) is 0 Å². The fraction of sp³-hybridized carbons (Fsp3) is 0.462. The lowest BCUT2D eigenvalue weighted by Crippen LogP contribution is -2.44. The van der Waals surface area contributed by atoms with E-state index in [0.29, 0.717) is 5.82 Å². The normalized spacial score (nSPS) is 13.9. The van der Waals surface area contributed by atoms with E-state index < -0.39 is 12.2 Å². The summed E-state index contributed by atoms with van der Waals surface area (Å²) in [5, 5.41) is 2.46. The van der Waals surface area contributed by atoms with Crippen molar-refractivity contribution in [1.82, 2.24) is 14.9 Å². The van der Waals surface area contributed by atoms with Crippen molar-refractivity contribution in [3.05, 3.63) is 30.1 Å². The Morgan fingerprint density at radius 3 is 2.58 bits per heavy atom. The van der Waals surface area contributed by atoms with Crippen LogP contribution in [-0.4, -0.2) is 28.3 Å². The number of nitrogens with one attached hydrogen (secondary N) is 1. The smallest absolute Gasteiger partial charge is 0.331 e. The maximum absolute atomic E-state index is 12.9. The quantitative estimate of drug-likeness (QED) is 0.926. The Hall–Kier alpha value is -1.56. The van der Waals surface area contributed by atoms with E-state index in [4.69, 9.17) is 0 Å². The summed E-state index contributed by atoms with van der Waals surface area (Å²) in [4.78, 5) is 4.27. The Morgan fingerprint density at radius 1 is 1.32 bits per heavy atom. The third kappa shape index (κ3) is 2.89. The first kappa shape index (κ1) is 13.9. The van der Waals surface area contributed by atoms with E-state index in [2.05, 4.69) is 10.3 Å². The van der Waals surface area contributed by atoms with E-state index in [0.717, 1.165) is 11.0 Å². The van der Waals surface area contributed by atoms with E-state index in [1.165, 1.54) is 0 Å². The lowest BCUT2D eigenvalue weighted by molar-refractivity contribution is -0.155. The first-order valence-electron chi connectivity index (χ1n) is 6.14. The number of para-hydroxylation sites is 2. The van der Waals surface area contributed by atoms with Crippen molar-refractivity contribution in [2.75, 3.05) is 6.54 Å². The van der Waals surface area contributed by atoms with Gasteiger partial charge in [-0.1, -0.05) is 19.1 Å². The molecule has 2 rings (SSSR count). The van der Waals surface area contributed by atoms with Crippen LogP contribution in [0.3, 0.4) is 0 Å². The van der Waals surface area contributed by atoms with Gasteiger partial charge in [0.1, 0.15) is 11.9 Å². The summed E-state index contributed by atoms with van der Waals surface area (Å²) in [7, 11) is 1.74. The van der Waals surface area contributed by atoms with Crippen LogP contribution in [0.25, 0.3) is 11.0 Å². The Balaban J connectivity index is 2.31. The molecule has 0 amide bonds. The molecule has 0 bridgehead atoms. The molecule has 1 atom stereocenters. The molecule has 0 fully saturated rings. The number of rotatable bonds is 4. The Labute approximate surface area is 109 Å². The van der Waals surface area contributed by atoms with Gasteiger partial charge in [-0.05, 0) is 18.7 Å². The highest BCUT2D eigenvalue weighted by Gasteiger charge is 2.39. The van der Waals surface area contributed by atoms with Crippen molar-refractivity contribution in [1.29, 1.82) is 0 Å². The van der Waals surface area contributed by atoms with Gasteiger partial charge in [0, 0.05) is 13.5 Å². The fourth-order valence-corrected chi connectivity index (χ4v) is 2.11. The number of aryl methyl sites for hydroxylation is 1. The first-order valence-corrected chi connectivity index (χ1v) is 6.14. The van der Waals surface area contributed by atoms with E-state index in [1.807, 2.05) is 18.2 Å². The van der Waals surface area contributed by atoms with Crippen LogP contribution in [-0.2, 0) is 13.5 Å². The third-order valence-corrected chi connectivity index (χ3v) is 3.11. The molecule has 0 radical (unpaired) electrons. The van der Waals surface area contributed by atoms with Crippen LogP contribution < -0.4 is 5.32 Å². The SMILES string of the molecule is CCNC(Cc1nc2ccccc2n1C)C(F)(F)F. The number of halogens is 3. The molecule has 1 unspecified atom stereocenters. The van der Waals surface area contributed by atoms with Crippen LogP contribution in [0.2, 0.25) is 0 Å². The molecule has 19 heavy (non-hydrogen) atoms. The zero-order chi connectivity index (χ0) is 14.0. The molecule has 2 aromatic rings. The molecule has 1 N–H and O–H groups in total. The predicted molar refractivity (Wildman–Crippen MR) is 67.9 cm³/mol. The summed E-state index contributed by atoms with van der Waals surface area (Å²) < 4.78 is 40.4. The van der Waals surface area contributed by atoms with E-state index in [9.17, 15) is 13.2 Å². The van der Waals surface area contributed by atoms with E-state index >= 15 is 0 Å². The first-order chi connectivity index (χ1) is 8.93. The minimum atomic E-state index is -4.27. The second-order valence-electron chi connectivity index (χ2n) is 4.43. The lowest BCUT2D eigenvalue weighted by atomic mass is 10.2. The standard InChI is InChI=1S/C13H16F3N3/c1-3-17-11(13(14,15)16)8-12-18-9-6-4-5-7-10(9)19(12)2/h4-7,11,17H,3,8H2,1-2H3. The summed E-state index contributed by atoms with van der Waals surface area (Å²) >= 11 is 0. The van der Waals surface area contributed by atoms with Crippen LogP contribution in [0.4, 0.5) is 13.2 Å². The van der Waals surface area contributed by atoms with E-state index in [-0.39, 0.29) is 13.0 Å². The van der Waals surface area contributed by atoms with Gasteiger partial charge in [0.15, 0.2) is 0 Å². The monoisotopic (exact) mass is 271 g/mol. The molecule has 0 aliphatic heterocycles. The molecule has 6 heteroatoms. The number of hydrogen-bond donors (Lipinski definition) is 1. The topological polar surface area (TPSA) is 29.9 Å². The maximum Gasteiger partial charge on any atom is 0.404 e. The van der Waals surface area contributed by atoms with Crippen molar-refractivity contribution in [2.45, 2.75) is 25.6 Å². The molecule has 0 saturated heterocycles. The van der Waals surface area contributed by atoms with Gasteiger partial charge in [0.25, 0.3) is 0 Å². The van der Waals surface area contributed by atoms with Crippen molar-refractivity contribution in [3.8, 4) is 0 Å². The number of likely N-dealkylation sites (N-methyl/N-ethyl adjacent to an activating group) is 1. The summed E-state index contributed by atoms with van der Waals surface area (Å²) in [6, 6.07) is 5.76. The molecule has 0 spiro atoms. The molecule has 104 valence electrons. The number of hydrogen-bond acceptors (Lipinski definition) is 2. The summed E-state index contributed by atoms with van der Waals surface area (Å²) in [6.07, 6.45) is -4.43. The highest BCUT2D eigenvalue weighted by molar-refractivity contribution is 5.75. The highest BCUT2D eigenvalue weighted by Crippen LogP contribution is 2.24. The van der Waals surface area contributed by atoms with E-state index in [1.54, 1.807) is 24.6 Å². The molecular weight excluding hydrogens is 255 g/mol. The third-order valence-electron chi connectivity index (χ3n) is 3.11. The zero-order valence-corrected chi connectivity index (χ0v) is 10.8. The predicted octanol–water partition coefficient (Wildman–Crippen LogP) is 2.66. The number of aromatic nitrogens is 2. The summed E-state index contributed by atoms with van der Waals surface area (Å²) in [5.41, 5.74) is 1.56. The molecule has 0 aliphatic carbocycles. The Morgan fingerprint density at radius 2 is 2.00 bits per heavy atom. The summed E-state index contributed by atoms with van der Waals surface area (Å²) in [6.45, 7) is 1.93. The number of benzene rings is 1. The minimum absolute atomic E-state index is 0.164. The maximum atomic E-state index is 12.9. The Bertz CT molecular complexity index is 560. The lowest BCUT2D eigenvalue weighted by Gasteiger charge is -2.20. The van der Waals surface area contributed by atoms with Gasteiger partial charge in [-0.2, -0.15) is 13.2 Å². The molecule has 1 heterocycles. The van der Waals surface area contributed by atoms with Crippen LogP contribution >= 0.6 is 0 Å². The van der Waals surface area contributed by atoms with Crippen LogP contribution in [0, 0.1) is 0 Å². The number of nitrogens with zero attached hydrogens (tertiary/aromatic N) is 2. The number of fused-ring (bicyclic) bond motifs is 1. The molecule has 1 aromatic heterocycles. The van der Waals surface area contributed by atoms with Gasteiger partial charge < -0.3 is 9.88 Å². The van der Waals surface area contributed by atoms with Crippen LogP contribution in [0.15, 0.2) is 24.3 Å². The van der Waals surface area contributed by atoms with Crippen LogP contribution in [0.1, 0.15) is 12.7 Å². The Kier molecular flexibility index (Phi) is 3.80. The molecular formula is C13H16F3N3. The average Bonchev–Trinajstić information content (AvgIpc) is 2.65. The largest absolute Gasteiger partial charge is 0.404 e. The second kappa shape index (κ2) is 5.21. The fourth-order valence-electron chi connectivity index (χ4n) is 2.11. The molecule has 0 saturated carbocycles. The molecule has 0 aliphatic rings. The van der Waals surface area contributed by atoms with Crippen molar-refractivity contribution in [2.24, 2.45) is 7.05 Å². The zero-order valence-electron chi connectivity index (χ0n) is 10.8. The van der Waals surface area contributed by atoms with Crippen molar-refractivity contribution < 1.29 is 13.2 Å². The van der Waals surface area contributed by atoms with Crippen molar-refractivity contribution >= 4 is 11.0 Å². The van der Waals surface area contributed by atoms with Gasteiger partial charge in [0.2, 0.25) is 0 Å².